The molecule has 0 atom stereocenters. The Balaban J connectivity index is 1.29. The van der Waals surface area contributed by atoms with E-state index in [1.165, 1.54) is 36.3 Å². The van der Waals surface area contributed by atoms with E-state index in [0.29, 0.717) is 49.8 Å². The molecule has 4 aromatic rings. The van der Waals surface area contributed by atoms with Crippen LogP contribution in [0.1, 0.15) is 35.3 Å². The maximum atomic E-state index is 14.2. The molecule has 0 bridgehead atoms. The van der Waals surface area contributed by atoms with Gasteiger partial charge in [-0.3, -0.25) is 14.6 Å². The fraction of sp³-hybridized carbons (Fsp3) is 0.344. The van der Waals surface area contributed by atoms with Crippen LogP contribution in [-0.4, -0.2) is 73.2 Å². The second-order valence-electron chi connectivity index (χ2n) is 11.0. The normalized spacial score (nSPS) is 15.9. The molecule has 45 heavy (non-hydrogen) atoms. The molecule has 2 N–H and O–H groups in total. The molecule has 0 aliphatic carbocycles. The summed E-state index contributed by atoms with van der Waals surface area (Å²) in [5, 5.41) is 3.45. The number of H-pyrrole nitrogens is 1. The molecule has 1 saturated heterocycles. The lowest BCUT2D eigenvalue weighted by Crippen LogP contribution is -2.47. The summed E-state index contributed by atoms with van der Waals surface area (Å²) in [4.78, 5) is 41.9. The van der Waals surface area contributed by atoms with Gasteiger partial charge in [-0.25, -0.2) is 9.78 Å². The van der Waals surface area contributed by atoms with Gasteiger partial charge in [0.2, 0.25) is 0 Å². The summed E-state index contributed by atoms with van der Waals surface area (Å²) >= 11 is 0. The Morgan fingerprint density at radius 3 is 2.51 bits per heavy atom. The van der Waals surface area contributed by atoms with Crippen LogP contribution >= 0.6 is 0 Å². The number of ether oxygens (including phenoxy) is 1. The number of urea groups is 1. The fourth-order valence-electron chi connectivity index (χ4n) is 6.06. The Bertz CT molecular complexity index is 1750. The molecular formula is C32H34F3N7O3. The number of amides is 3. The number of hydrogen-bond donors (Lipinski definition) is 2. The van der Waals surface area contributed by atoms with Gasteiger partial charge in [0.15, 0.2) is 0 Å². The highest BCUT2D eigenvalue weighted by Crippen LogP contribution is 2.40. The Morgan fingerprint density at radius 2 is 1.82 bits per heavy atom. The molecule has 2 aromatic carbocycles. The quantitative estimate of drug-likeness (QED) is 0.265. The van der Waals surface area contributed by atoms with E-state index in [2.05, 4.69) is 20.2 Å². The van der Waals surface area contributed by atoms with Crippen LogP contribution in [0.2, 0.25) is 0 Å². The van der Waals surface area contributed by atoms with E-state index in [-0.39, 0.29) is 29.5 Å². The molecule has 10 nitrogen and oxygen atoms in total. The number of carbonyl (C=O) groups excluding carboxylic acids is 2. The van der Waals surface area contributed by atoms with Crippen molar-refractivity contribution in [1.29, 1.82) is 0 Å². The lowest BCUT2D eigenvalue weighted by molar-refractivity contribution is -0.137. The van der Waals surface area contributed by atoms with E-state index >= 15 is 0 Å². The molecule has 0 spiro atoms. The minimum atomic E-state index is -4.61. The number of fused-ring (bicyclic) bond motifs is 3. The molecule has 4 heterocycles. The van der Waals surface area contributed by atoms with Gasteiger partial charge in [-0.2, -0.15) is 13.2 Å². The molecule has 0 radical (unpaired) electrons. The third-order valence-electron chi connectivity index (χ3n) is 8.43. The first-order chi connectivity index (χ1) is 21.6. The van der Waals surface area contributed by atoms with Gasteiger partial charge < -0.3 is 24.8 Å². The highest BCUT2D eigenvalue weighted by molar-refractivity contribution is 6.12. The number of pyridine rings is 1. The third kappa shape index (κ3) is 5.75. The fourth-order valence-corrected chi connectivity index (χ4v) is 6.06. The zero-order chi connectivity index (χ0) is 31.9. The number of nitrogens with one attached hydrogen (secondary N) is 2. The van der Waals surface area contributed by atoms with Crippen LogP contribution in [0.15, 0.2) is 54.9 Å². The first-order valence-corrected chi connectivity index (χ1v) is 14.8. The van der Waals surface area contributed by atoms with Gasteiger partial charge in [0.25, 0.3) is 5.91 Å². The first kappa shape index (κ1) is 30.3. The van der Waals surface area contributed by atoms with Crippen molar-refractivity contribution in [2.45, 2.75) is 26.6 Å². The summed E-state index contributed by atoms with van der Waals surface area (Å²) in [5.74, 6) is -0.323. The molecule has 13 heteroatoms. The van der Waals surface area contributed by atoms with Crippen molar-refractivity contribution in [1.82, 2.24) is 14.9 Å². The van der Waals surface area contributed by atoms with E-state index in [1.807, 2.05) is 19.9 Å². The minimum absolute atomic E-state index is 0.00867. The van der Waals surface area contributed by atoms with Crippen LogP contribution in [0.25, 0.3) is 11.0 Å². The second-order valence-corrected chi connectivity index (χ2v) is 11.0. The monoisotopic (exact) mass is 621 g/mol. The van der Waals surface area contributed by atoms with Gasteiger partial charge in [0.1, 0.15) is 11.4 Å². The van der Waals surface area contributed by atoms with E-state index in [0.717, 1.165) is 29.2 Å². The van der Waals surface area contributed by atoms with Crippen LogP contribution < -0.4 is 24.8 Å². The molecule has 2 aromatic heterocycles. The standard InChI is InChI=1S/C32H34F3N7O3/c1-4-39-10-12-40(13-11-39)27-7-6-22(16-26(27)32(33,34)35)38-30(43)20-14-23(17-24(15-20)45-3)42-19-21-18-37-29-25(8-9-36-29)28(21)41(5-2)31(42)44/h6-9,14-18H,4-5,10-13,19H2,1-3H3,(H,36,37)(H,38,43). The Labute approximate surface area is 258 Å². The van der Waals surface area contributed by atoms with Crippen molar-refractivity contribution >= 4 is 45.7 Å². The Morgan fingerprint density at radius 1 is 1.04 bits per heavy atom. The highest BCUT2D eigenvalue weighted by atomic mass is 19.4. The van der Waals surface area contributed by atoms with Gasteiger partial charge >= 0.3 is 12.2 Å². The van der Waals surface area contributed by atoms with E-state index in [4.69, 9.17) is 4.74 Å². The van der Waals surface area contributed by atoms with Gasteiger partial charge in [-0.15, -0.1) is 0 Å². The molecule has 3 amide bonds. The van der Waals surface area contributed by atoms with E-state index in [1.54, 1.807) is 28.3 Å². The van der Waals surface area contributed by atoms with Crippen molar-refractivity contribution in [3.05, 3.63) is 71.5 Å². The molecule has 0 unspecified atom stereocenters. The number of anilines is 4. The van der Waals surface area contributed by atoms with Crippen molar-refractivity contribution in [3.63, 3.8) is 0 Å². The van der Waals surface area contributed by atoms with Gasteiger partial charge in [0, 0.05) is 79.1 Å². The number of hydrogen-bond acceptors (Lipinski definition) is 6. The average Bonchev–Trinajstić information content (AvgIpc) is 3.53. The zero-order valence-corrected chi connectivity index (χ0v) is 25.2. The van der Waals surface area contributed by atoms with E-state index < -0.39 is 17.6 Å². The molecule has 2 aliphatic heterocycles. The van der Waals surface area contributed by atoms with Crippen LogP contribution in [-0.2, 0) is 12.7 Å². The molecular weight excluding hydrogens is 587 g/mol. The van der Waals surface area contributed by atoms with Crippen LogP contribution in [0, 0.1) is 0 Å². The number of aromatic amines is 1. The number of alkyl halides is 3. The molecule has 0 saturated carbocycles. The summed E-state index contributed by atoms with van der Waals surface area (Å²) in [6.07, 6.45) is -1.12. The van der Waals surface area contributed by atoms with Crippen molar-refractivity contribution in [2.24, 2.45) is 0 Å². The Hall–Kier alpha value is -4.78. The molecule has 1 fully saturated rings. The number of benzene rings is 2. The molecule has 6 rings (SSSR count). The predicted octanol–water partition coefficient (Wildman–Crippen LogP) is 5.95. The van der Waals surface area contributed by atoms with Gasteiger partial charge in [-0.1, -0.05) is 6.92 Å². The number of aromatic nitrogens is 2. The Kier molecular flexibility index (Phi) is 8.04. The SMILES string of the molecule is CCN1CCN(c2ccc(NC(=O)c3cc(OC)cc(N4Cc5cnc6[nH]ccc6c5N(CC)C4=O)c3)cc2C(F)(F)F)CC1. The number of nitrogens with zero attached hydrogens (tertiary/aromatic N) is 5. The van der Waals surface area contributed by atoms with Crippen molar-refractivity contribution < 1.29 is 27.5 Å². The number of methoxy groups -OCH3 is 1. The summed E-state index contributed by atoms with van der Waals surface area (Å²) in [7, 11) is 1.44. The number of halogens is 3. The number of piperazine rings is 1. The predicted molar refractivity (Wildman–Crippen MR) is 167 cm³/mol. The number of likely N-dealkylation sites (N-methyl/N-ethyl adjacent to an activating group) is 1. The molecule has 236 valence electrons. The average molecular weight is 622 g/mol. The summed E-state index contributed by atoms with van der Waals surface area (Å²) < 4.78 is 48.1. The van der Waals surface area contributed by atoms with Crippen molar-refractivity contribution in [3.8, 4) is 5.75 Å². The zero-order valence-electron chi connectivity index (χ0n) is 25.2. The third-order valence-corrected chi connectivity index (χ3v) is 8.43. The van der Waals surface area contributed by atoms with Gasteiger partial charge in [0.05, 0.1) is 30.6 Å². The van der Waals surface area contributed by atoms with Crippen LogP contribution in [0.3, 0.4) is 0 Å². The summed E-state index contributed by atoms with van der Waals surface area (Å²) in [6, 6.07) is 10.1. The highest BCUT2D eigenvalue weighted by Gasteiger charge is 2.36. The summed E-state index contributed by atoms with van der Waals surface area (Å²) in [5.41, 5.74) is 2.10. The molecule has 2 aliphatic rings. The van der Waals surface area contributed by atoms with Crippen LogP contribution in [0.5, 0.6) is 5.75 Å². The number of rotatable bonds is 7. The topological polar surface area (TPSA) is 97.0 Å². The maximum Gasteiger partial charge on any atom is 0.418 e. The maximum absolute atomic E-state index is 14.2. The second kappa shape index (κ2) is 12.0. The lowest BCUT2D eigenvalue weighted by Gasteiger charge is -2.37. The first-order valence-electron chi connectivity index (χ1n) is 14.8. The smallest absolute Gasteiger partial charge is 0.418 e. The lowest BCUT2D eigenvalue weighted by atomic mass is 10.1. The van der Waals surface area contributed by atoms with Crippen LogP contribution in [0.4, 0.5) is 40.7 Å². The summed E-state index contributed by atoms with van der Waals surface area (Å²) in [6.45, 7) is 7.68. The van der Waals surface area contributed by atoms with E-state index in [9.17, 15) is 22.8 Å². The largest absolute Gasteiger partial charge is 0.497 e. The number of carbonyl (C=O) groups is 2. The van der Waals surface area contributed by atoms with Crippen molar-refractivity contribution in [2.75, 3.05) is 66.4 Å². The minimum Gasteiger partial charge on any atom is -0.497 e. The van der Waals surface area contributed by atoms with Gasteiger partial charge in [-0.05, 0) is 49.9 Å².